The number of halogens is 5. The minimum atomic E-state index is -1.52. The number of nitrogens with one attached hydrogen (secondary N) is 2. The fraction of sp³-hybridized carbons (Fsp3) is 0.150. The van der Waals surface area contributed by atoms with Crippen LogP contribution < -0.4 is 20.4 Å². The number of fused-ring (bicyclic) bond motifs is 2. The van der Waals surface area contributed by atoms with E-state index in [0.29, 0.717) is 34.5 Å². The molecule has 0 aliphatic rings. The average molecular weight is 845 g/mol. The Morgan fingerprint density at radius 2 is 1.02 bits per heavy atom. The summed E-state index contributed by atoms with van der Waals surface area (Å²) in [4.78, 5) is 57.9. The summed E-state index contributed by atoms with van der Waals surface area (Å²) in [6.45, 7) is 0. The molecule has 59 heavy (non-hydrogen) atoms. The Morgan fingerprint density at radius 1 is 0.576 bits per heavy atom. The number of hydrogen-bond donors (Lipinski definition) is 2. The van der Waals surface area contributed by atoms with Crippen molar-refractivity contribution < 1.29 is 41.1 Å². The zero-order valence-corrected chi connectivity index (χ0v) is 32.4. The molecule has 2 atom stereocenters. The summed E-state index contributed by atoms with van der Waals surface area (Å²) in [6.07, 6.45) is -0.793. The second-order valence-electron chi connectivity index (χ2n) is 13.4. The number of rotatable bonds is 12. The Labute approximate surface area is 339 Å². The normalized spacial score (nSPS) is 12.3. The van der Waals surface area contributed by atoms with Crippen LogP contribution in [-0.2, 0) is 22.4 Å². The van der Waals surface area contributed by atoms with E-state index < -0.39 is 76.8 Å². The molecule has 0 aliphatic heterocycles. The second-order valence-corrected chi connectivity index (χ2v) is 14.9. The van der Waals surface area contributed by atoms with E-state index >= 15 is 4.39 Å². The number of carbonyl (C=O) groups is 4. The molecule has 0 saturated heterocycles. The summed E-state index contributed by atoms with van der Waals surface area (Å²) in [5.41, 5.74) is 0.777. The standard InChI is InChI=1S/C40H29F5N8O4S2/c1-52(27-4-7-35-31(18-27)48-50-58-35)39(56)33(13-20-9-23(41)16-24(42)10-20)46-37(54)22-3-6-30(45)29(15-22)38(55)47-34(14-21-11-25(43)17-26(44)12-21)40(57)53(2)28-5-8-36-32(19-28)49-51-59-36/h3-12,15-19,33-34H,13-14H2,1-2H3,(H,46,54)(H,47,55)/t33?,34-/m0/s1. The number of likely N-dealkylation sites (N-methyl/N-ethyl adjacent to an activating group) is 2. The minimum absolute atomic E-state index is 0.00401. The zero-order valence-electron chi connectivity index (χ0n) is 30.8. The predicted octanol–water partition coefficient (Wildman–Crippen LogP) is 6.40. The first-order valence-electron chi connectivity index (χ1n) is 17.5. The molecular weight excluding hydrogens is 816 g/mol. The Balaban J connectivity index is 1.15. The fourth-order valence-corrected chi connectivity index (χ4v) is 7.40. The lowest BCUT2D eigenvalue weighted by atomic mass is 10.0. The van der Waals surface area contributed by atoms with Crippen molar-refractivity contribution in [3.8, 4) is 0 Å². The van der Waals surface area contributed by atoms with Crippen molar-refractivity contribution in [2.75, 3.05) is 23.9 Å². The van der Waals surface area contributed by atoms with Crippen LogP contribution in [0.5, 0.6) is 0 Å². The highest BCUT2D eigenvalue weighted by Crippen LogP contribution is 2.25. The van der Waals surface area contributed by atoms with E-state index in [1.54, 1.807) is 36.4 Å². The number of anilines is 2. The maximum absolute atomic E-state index is 15.4. The number of nitrogens with zero attached hydrogens (tertiary/aromatic N) is 6. The molecule has 0 radical (unpaired) electrons. The van der Waals surface area contributed by atoms with Gasteiger partial charge in [0.2, 0.25) is 11.8 Å². The van der Waals surface area contributed by atoms with Crippen LogP contribution in [-0.4, -0.2) is 69.0 Å². The highest BCUT2D eigenvalue weighted by Gasteiger charge is 2.30. The quantitative estimate of drug-likeness (QED) is 0.134. The van der Waals surface area contributed by atoms with Gasteiger partial charge in [-0.25, -0.2) is 22.0 Å². The molecule has 7 aromatic rings. The largest absolute Gasteiger partial charge is 0.340 e. The molecule has 0 fully saturated rings. The molecule has 2 heterocycles. The van der Waals surface area contributed by atoms with Gasteiger partial charge in [0.25, 0.3) is 11.8 Å². The number of aromatic nitrogens is 4. The number of hydrogen-bond acceptors (Lipinski definition) is 10. The van der Waals surface area contributed by atoms with Crippen LogP contribution in [0.15, 0.2) is 91.0 Å². The third-order valence-electron chi connectivity index (χ3n) is 9.30. The van der Waals surface area contributed by atoms with Crippen LogP contribution in [0.4, 0.5) is 33.3 Å². The van der Waals surface area contributed by atoms with Gasteiger partial charge in [0.05, 0.1) is 15.0 Å². The van der Waals surface area contributed by atoms with Crippen LogP contribution in [0, 0.1) is 29.1 Å². The highest BCUT2D eigenvalue weighted by atomic mass is 32.1. The van der Waals surface area contributed by atoms with Gasteiger partial charge in [-0.1, -0.05) is 8.98 Å². The molecule has 19 heteroatoms. The maximum Gasteiger partial charge on any atom is 0.254 e. The summed E-state index contributed by atoms with van der Waals surface area (Å²) < 4.78 is 81.5. The van der Waals surface area contributed by atoms with Crippen LogP contribution in [0.1, 0.15) is 31.8 Å². The molecule has 1 unspecified atom stereocenters. The highest BCUT2D eigenvalue weighted by molar-refractivity contribution is 7.13. The lowest BCUT2D eigenvalue weighted by Crippen LogP contribution is -2.49. The molecule has 0 spiro atoms. The van der Waals surface area contributed by atoms with Crippen molar-refractivity contribution in [1.82, 2.24) is 29.8 Å². The molecule has 4 amide bonds. The first-order chi connectivity index (χ1) is 28.2. The summed E-state index contributed by atoms with van der Waals surface area (Å²) in [7, 11) is 2.83. The predicted molar refractivity (Wildman–Crippen MR) is 211 cm³/mol. The van der Waals surface area contributed by atoms with E-state index in [0.717, 1.165) is 74.9 Å². The van der Waals surface area contributed by atoms with Crippen molar-refractivity contribution >= 4 is 78.5 Å². The minimum Gasteiger partial charge on any atom is -0.340 e. The van der Waals surface area contributed by atoms with Crippen molar-refractivity contribution in [3.05, 3.63) is 142 Å². The van der Waals surface area contributed by atoms with Gasteiger partial charge in [0.1, 0.15) is 52.2 Å². The number of benzene rings is 5. The van der Waals surface area contributed by atoms with Crippen molar-refractivity contribution in [1.29, 1.82) is 0 Å². The Kier molecular flexibility index (Phi) is 11.7. The third-order valence-corrected chi connectivity index (χ3v) is 10.7. The molecule has 12 nitrogen and oxygen atoms in total. The molecule has 300 valence electrons. The topological polar surface area (TPSA) is 150 Å². The summed E-state index contributed by atoms with van der Waals surface area (Å²) >= 11 is 2.28. The van der Waals surface area contributed by atoms with E-state index in [-0.39, 0.29) is 23.1 Å². The Morgan fingerprint density at radius 3 is 1.47 bits per heavy atom. The van der Waals surface area contributed by atoms with Gasteiger partial charge in [0, 0.05) is 56.0 Å². The van der Waals surface area contributed by atoms with Crippen molar-refractivity contribution in [3.63, 3.8) is 0 Å². The van der Waals surface area contributed by atoms with E-state index in [2.05, 4.69) is 29.8 Å². The Hall–Kier alpha value is -6.73. The molecule has 2 aromatic heterocycles. The summed E-state index contributed by atoms with van der Waals surface area (Å²) in [5.74, 6) is -8.34. The maximum atomic E-state index is 15.4. The smallest absolute Gasteiger partial charge is 0.254 e. The van der Waals surface area contributed by atoms with Crippen LogP contribution in [0.25, 0.3) is 20.4 Å². The zero-order chi connectivity index (χ0) is 42.0. The number of carbonyl (C=O) groups excluding carboxylic acids is 4. The van der Waals surface area contributed by atoms with E-state index in [9.17, 15) is 36.7 Å². The lowest BCUT2D eigenvalue weighted by molar-refractivity contribution is -0.120. The molecule has 7 rings (SSSR count). The summed E-state index contributed by atoms with van der Waals surface area (Å²) in [6, 6.07) is 14.9. The fourth-order valence-electron chi connectivity index (χ4n) is 6.33. The average Bonchev–Trinajstić information content (AvgIpc) is 3.88. The van der Waals surface area contributed by atoms with Gasteiger partial charge >= 0.3 is 0 Å². The molecular formula is C40H29F5N8O4S2. The lowest BCUT2D eigenvalue weighted by Gasteiger charge is -2.26. The molecule has 0 bridgehead atoms. The van der Waals surface area contributed by atoms with Gasteiger partial charge in [-0.2, -0.15) is 0 Å². The monoisotopic (exact) mass is 844 g/mol. The van der Waals surface area contributed by atoms with E-state index in [1.165, 1.54) is 23.9 Å². The van der Waals surface area contributed by atoms with Gasteiger partial charge in [-0.3, -0.25) is 19.2 Å². The van der Waals surface area contributed by atoms with E-state index in [4.69, 9.17) is 0 Å². The van der Waals surface area contributed by atoms with E-state index in [1.807, 2.05) is 0 Å². The number of amides is 4. The first-order valence-corrected chi connectivity index (χ1v) is 19.1. The summed E-state index contributed by atoms with van der Waals surface area (Å²) in [5, 5.41) is 13.0. The molecule has 0 aliphatic carbocycles. The van der Waals surface area contributed by atoms with Crippen LogP contribution in [0.2, 0.25) is 0 Å². The molecule has 0 saturated carbocycles. The third kappa shape index (κ3) is 9.21. The SMILES string of the molecule is CN(C(=O)C(Cc1cc(F)cc(F)c1)NC(=O)c1ccc(F)c(C(=O)N[C@@H](Cc2cc(F)cc(F)c2)C(=O)N(C)c2ccc3snnc3c2)c1)c1ccc2snnc2c1. The van der Waals surface area contributed by atoms with Gasteiger partial charge in [-0.05, 0) is 113 Å². The van der Waals surface area contributed by atoms with Crippen molar-refractivity contribution in [2.24, 2.45) is 0 Å². The second kappa shape index (κ2) is 17.0. The molecule has 5 aromatic carbocycles. The molecule has 2 N–H and O–H groups in total. The first kappa shape index (κ1) is 40.5. The van der Waals surface area contributed by atoms with Crippen molar-refractivity contribution in [2.45, 2.75) is 24.9 Å². The van der Waals surface area contributed by atoms with Gasteiger partial charge in [-0.15, -0.1) is 10.2 Å². The van der Waals surface area contributed by atoms with Gasteiger partial charge in [0.15, 0.2) is 0 Å². The Bertz CT molecular complexity index is 2730. The van der Waals surface area contributed by atoms with Crippen LogP contribution in [0.3, 0.4) is 0 Å². The van der Waals surface area contributed by atoms with Gasteiger partial charge < -0.3 is 20.4 Å². The van der Waals surface area contributed by atoms with Crippen LogP contribution >= 0.6 is 23.1 Å².